The standard InChI is InChI=1S/C19H14BrCl2N5O3/c20-10-1-2-16(30-8-18(29)25-13-5-11(21)4-12(22)6-13)14(3-10)15-7-17(28)26-19-23-9-24-27(15)19/h1-6,9,15H,7-8H2,(H,25,29)(H,23,24,26,28)/t15-/m0/s1. The Kier molecular flexibility index (Phi) is 5.94. The van der Waals surface area contributed by atoms with Crippen LogP contribution >= 0.6 is 39.1 Å². The normalized spacial score (nSPS) is 15.3. The van der Waals surface area contributed by atoms with Crippen LogP contribution in [0.3, 0.4) is 0 Å². The van der Waals surface area contributed by atoms with Gasteiger partial charge in [-0.2, -0.15) is 10.1 Å². The Morgan fingerprint density at radius 2 is 2.03 bits per heavy atom. The summed E-state index contributed by atoms with van der Waals surface area (Å²) in [7, 11) is 0. The van der Waals surface area contributed by atoms with E-state index in [2.05, 4.69) is 36.6 Å². The summed E-state index contributed by atoms with van der Waals surface area (Å²) >= 11 is 15.3. The molecule has 2 N–H and O–H groups in total. The number of benzene rings is 2. The molecule has 0 spiro atoms. The van der Waals surface area contributed by atoms with Crippen LogP contribution in [0.2, 0.25) is 10.0 Å². The summed E-state index contributed by atoms with van der Waals surface area (Å²) in [5.74, 6) is 0.253. The highest BCUT2D eigenvalue weighted by Gasteiger charge is 2.30. The lowest BCUT2D eigenvalue weighted by atomic mass is 10.0. The minimum Gasteiger partial charge on any atom is -0.483 e. The van der Waals surface area contributed by atoms with Gasteiger partial charge in [0.25, 0.3) is 5.91 Å². The van der Waals surface area contributed by atoms with Crippen LogP contribution in [-0.4, -0.2) is 33.2 Å². The van der Waals surface area contributed by atoms with Gasteiger partial charge in [0.05, 0.1) is 12.5 Å². The predicted molar refractivity (Wildman–Crippen MR) is 116 cm³/mol. The lowest BCUT2D eigenvalue weighted by Gasteiger charge is -2.25. The summed E-state index contributed by atoms with van der Waals surface area (Å²) < 4.78 is 8.19. The van der Waals surface area contributed by atoms with Crippen LogP contribution in [-0.2, 0) is 9.59 Å². The van der Waals surface area contributed by atoms with Gasteiger partial charge >= 0.3 is 0 Å². The van der Waals surface area contributed by atoms with Crippen molar-refractivity contribution in [3.05, 3.63) is 62.8 Å². The second kappa shape index (κ2) is 8.63. The molecule has 1 aliphatic heterocycles. The number of carbonyl (C=O) groups excluding carboxylic acids is 2. The highest BCUT2D eigenvalue weighted by molar-refractivity contribution is 9.10. The van der Waals surface area contributed by atoms with Gasteiger partial charge < -0.3 is 10.1 Å². The zero-order valence-corrected chi connectivity index (χ0v) is 18.3. The van der Waals surface area contributed by atoms with Gasteiger partial charge in [-0.3, -0.25) is 14.9 Å². The molecule has 0 saturated heterocycles. The maximum Gasteiger partial charge on any atom is 0.262 e. The van der Waals surface area contributed by atoms with Crippen molar-refractivity contribution in [2.24, 2.45) is 0 Å². The zero-order chi connectivity index (χ0) is 21.3. The Balaban J connectivity index is 1.53. The average molecular weight is 511 g/mol. The van der Waals surface area contributed by atoms with Crippen molar-refractivity contribution in [2.75, 3.05) is 17.2 Å². The first-order chi connectivity index (χ1) is 14.4. The van der Waals surface area contributed by atoms with Crippen LogP contribution in [0, 0.1) is 0 Å². The predicted octanol–water partition coefficient (Wildman–Crippen LogP) is 4.30. The van der Waals surface area contributed by atoms with Crippen molar-refractivity contribution in [1.29, 1.82) is 0 Å². The molecule has 2 heterocycles. The first-order valence-electron chi connectivity index (χ1n) is 8.76. The monoisotopic (exact) mass is 509 g/mol. The number of halogens is 3. The molecule has 154 valence electrons. The van der Waals surface area contributed by atoms with Gasteiger partial charge in [-0.1, -0.05) is 39.1 Å². The molecule has 0 fully saturated rings. The summed E-state index contributed by atoms with van der Waals surface area (Å²) in [4.78, 5) is 28.5. The molecule has 4 rings (SSSR count). The van der Waals surface area contributed by atoms with Gasteiger partial charge in [-0.05, 0) is 36.4 Å². The van der Waals surface area contributed by atoms with Crippen LogP contribution in [0.4, 0.5) is 11.6 Å². The van der Waals surface area contributed by atoms with E-state index >= 15 is 0 Å². The first kappa shape index (κ1) is 20.6. The molecule has 2 aromatic carbocycles. The Morgan fingerprint density at radius 1 is 1.27 bits per heavy atom. The van der Waals surface area contributed by atoms with Crippen molar-refractivity contribution in [3.8, 4) is 5.75 Å². The van der Waals surface area contributed by atoms with E-state index < -0.39 is 6.04 Å². The number of nitrogens with one attached hydrogen (secondary N) is 2. The molecular formula is C19H14BrCl2N5O3. The number of hydrogen-bond donors (Lipinski definition) is 2. The fourth-order valence-corrected chi connectivity index (χ4v) is 4.03. The molecule has 11 heteroatoms. The number of amides is 2. The van der Waals surface area contributed by atoms with Crippen LogP contribution in [0.25, 0.3) is 0 Å². The van der Waals surface area contributed by atoms with Crippen molar-refractivity contribution < 1.29 is 14.3 Å². The summed E-state index contributed by atoms with van der Waals surface area (Å²) in [5.41, 5.74) is 1.16. The van der Waals surface area contributed by atoms with E-state index in [4.69, 9.17) is 27.9 Å². The molecule has 1 aromatic heterocycles. The highest BCUT2D eigenvalue weighted by Crippen LogP contribution is 2.36. The van der Waals surface area contributed by atoms with Crippen molar-refractivity contribution >= 4 is 62.6 Å². The smallest absolute Gasteiger partial charge is 0.262 e. The maximum atomic E-state index is 12.3. The van der Waals surface area contributed by atoms with E-state index in [0.717, 1.165) is 4.47 Å². The SMILES string of the molecule is O=C(COc1ccc(Br)cc1[C@@H]1CC(=O)Nc2ncnn21)Nc1cc(Cl)cc(Cl)c1. The van der Waals surface area contributed by atoms with Gasteiger partial charge in [0.15, 0.2) is 6.61 Å². The van der Waals surface area contributed by atoms with E-state index in [9.17, 15) is 9.59 Å². The summed E-state index contributed by atoms with van der Waals surface area (Å²) in [6, 6.07) is 9.68. The van der Waals surface area contributed by atoms with Gasteiger partial charge in [0.1, 0.15) is 12.1 Å². The molecule has 0 saturated carbocycles. The average Bonchev–Trinajstić information content (AvgIpc) is 3.13. The summed E-state index contributed by atoms with van der Waals surface area (Å²) in [5, 5.41) is 10.4. The van der Waals surface area contributed by atoms with E-state index in [1.807, 2.05) is 6.07 Å². The minimum absolute atomic E-state index is 0.163. The van der Waals surface area contributed by atoms with Gasteiger partial charge in [-0.15, -0.1) is 0 Å². The van der Waals surface area contributed by atoms with E-state index in [0.29, 0.717) is 33.0 Å². The molecule has 1 atom stereocenters. The molecule has 2 amide bonds. The molecule has 8 nitrogen and oxygen atoms in total. The van der Waals surface area contributed by atoms with Crippen molar-refractivity contribution in [3.63, 3.8) is 0 Å². The molecule has 0 unspecified atom stereocenters. The first-order valence-corrected chi connectivity index (χ1v) is 10.3. The Labute approximate surface area is 189 Å². The van der Waals surface area contributed by atoms with E-state index in [1.54, 1.807) is 35.0 Å². The molecule has 0 bridgehead atoms. The largest absolute Gasteiger partial charge is 0.483 e. The van der Waals surface area contributed by atoms with Gasteiger partial charge in [0, 0.05) is 25.8 Å². The highest BCUT2D eigenvalue weighted by atomic mass is 79.9. The molecule has 30 heavy (non-hydrogen) atoms. The molecule has 1 aliphatic rings. The molecule has 0 radical (unpaired) electrons. The van der Waals surface area contributed by atoms with Crippen LogP contribution in [0.15, 0.2) is 47.2 Å². The lowest BCUT2D eigenvalue weighted by Crippen LogP contribution is -2.30. The lowest BCUT2D eigenvalue weighted by molar-refractivity contribution is -0.118. The quantitative estimate of drug-likeness (QED) is 0.533. The topological polar surface area (TPSA) is 98.1 Å². The number of ether oxygens (including phenoxy) is 1. The second-order valence-corrected chi connectivity index (χ2v) is 8.26. The summed E-state index contributed by atoms with van der Waals surface area (Å²) in [6.07, 6.45) is 1.53. The van der Waals surface area contributed by atoms with Crippen LogP contribution in [0.1, 0.15) is 18.0 Å². The number of aromatic nitrogens is 3. The maximum absolute atomic E-state index is 12.3. The zero-order valence-electron chi connectivity index (χ0n) is 15.2. The van der Waals surface area contributed by atoms with Crippen molar-refractivity contribution in [2.45, 2.75) is 12.5 Å². The third kappa shape index (κ3) is 4.58. The fourth-order valence-electron chi connectivity index (χ4n) is 3.12. The van der Waals surface area contributed by atoms with Crippen LogP contribution in [0.5, 0.6) is 5.75 Å². The number of hydrogen-bond acceptors (Lipinski definition) is 5. The molecular weight excluding hydrogens is 497 g/mol. The molecule has 3 aromatic rings. The van der Waals surface area contributed by atoms with E-state index in [1.165, 1.54) is 6.33 Å². The number of fused-ring (bicyclic) bond motifs is 1. The van der Waals surface area contributed by atoms with Crippen molar-refractivity contribution in [1.82, 2.24) is 14.8 Å². The van der Waals surface area contributed by atoms with Gasteiger partial charge in [0.2, 0.25) is 11.9 Å². The Hall–Kier alpha value is -2.62. The van der Waals surface area contributed by atoms with E-state index in [-0.39, 0.29) is 24.8 Å². The number of anilines is 2. The number of rotatable bonds is 5. The number of nitrogens with zero attached hydrogens (tertiary/aromatic N) is 3. The third-order valence-electron chi connectivity index (χ3n) is 4.33. The van der Waals surface area contributed by atoms with Gasteiger partial charge in [-0.25, -0.2) is 4.68 Å². The van der Waals surface area contributed by atoms with Crippen LogP contribution < -0.4 is 15.4 Å². The third-order valence-corrected chi connectivity index (χ3v) is 5.26. The summed E-state index contributed by atoms with van der Waals surface area (Å²) in [6.45, 7) is -0.248. The molecule has 0 aliphatic carbocycles. The second-order valence-electron chi connectivity index (χ2n) is 6.47. The Bertz CT molecular complexity index is 1120. The number of carbonyl (C=O) groups is 2. The Morgan fingerprint density at radius 3 is 2.80 bits per heavy atom. The fraction of sp³-hybridized carbons (Fsp3) is 0.158. The minimum atomic E-state index is -0.418.